The van der Waals surface area contributed by atoms with Crippen molar-refractivity contribution >= 4 is 29.2 Å². The second-order valence-corrected chi connectivity index (χ2v) is 7.75. The van der Waals surface area contributed by atoms with E-state index in [0.717, 1.165) is 11.1 Å². The second-order valence-electron chi connectivity index (χ2n) is 6.91. The van der Waals surface area contributed by atoms with Crippen molar-refractivity contribution in [1.29, 1.82) is 0 Å². The molecule has 0 saturated carbocycles. The molecule has 2 rings (SSSR count). The normalized spacial score (nSPS) is 12.1. The highest BCUT2D eigenvalue weighted by molar-refractivity contribution is 6.35. The van der Waals surface area contributed by atoms with Gasteiger partial charge in [-0.15, -0.1) is 0 Å². The van der Waals surface area contributed by atoms with Crippen LogP contribution >= 0.6 is 23.2 Å². The molecular formula is C21H25Cl2NO4. The number of hydrogen-bond acceptors (Lipinski definition) is 4. The Morgan fingerprint density at radius 3 is 2.50 bits per heavy atom. The predicted octanol–water partition coefficient (Wildman–Crippen LogP) is 5.17. The summed E-state index contributed by atoms with van der Waals surface area (Å²) in [4.78, 5) is 11.4. The van der Waals surface area contributed by atoms with E-state index in [1.807, 2.05) is 32.0 Å². The molecule has 0 saturated heterocycles. The van der Waals surface area contributed by atoms with Crippen molar-refractivity contribution in [2.24, 2.45) is 5.92 Å². The van der Waals surface area contributed by atoms with E-state index < -0.39 is 12.0 Å². The van der Waals surface area contributed by atoms with Gasteiger partial charge in [-0.3, -0.25) is 4.79 Å². The third-order valence-electron chi connectivity index (χ3n) is 4.18. The van der Waals surface area contributed by atoms with E-state index >= 15 is 0 Å². The monoisotopic (exact) mass is 425 g/mol. The highest BCUT2D eigenvalue weighted by Gasteiger charge is 2.18. The number of hydrogen-bond donors (Lipinski definition) is 2. The van der Waals surface area contributed by atoms with Crippen LogP contribution in [0.2, 0.25) is 10.0 Å². The SMILES string of the molecule is COc1cc(CNC(CC(C)C)C(=O)O)ccc1OCc1ccc(Cl)cc1Cl. The van der Waals surface area contributed by atoms with E-state index in [0.29, 0.717) is 40.4 Å². The summed E-state index contributed by atoms with van der Waals surface area (Å²) in [6, 6.07) is 10.2. The maximum Gasteiger partial charge on any atom is 0.320 e. The zero-order chi connectivity index (χ0) is 20.7. The van der Waals surface area contributed by atoms with Gasteiger partial charge in [-0.25, -0.2) is 0 Å². The van der Waals surface area contributed by atoms with Gasteiger partial charge in [0.1, 0.15) is 12.6 Å². The number of rotatable bonds is 10. The summed E-state index contributed by atoms with van der Waals surface area (Å²) >= 11 is 12.1. The summed E-state index contributed by atoms with van der Waals surface area (Å²) in [6.45, 7) is 4.70. The molecule has 7 heteroatoms. The Morgan fingerprint density at radius 1 is 1.14 bits per heavy atom. The van der Waals surface area contributed by atoms with Crippen molar-refractivity contribution < 1.29 is 19.4 Å². The van der Waals surface area contributed by atoms with Crippen LogP contribution in [0.3, 0.4) is 0 Å². The first-order valence-corrected chi connectivity index (χ1v) is 9.75. The summed E-state index contributed by atoms with van der Waals surface area (Å²) in [5, 5.41) is 13.5. The summed E-state index contributed by atoms with van der Waals surface area (Å²) < 4.78 is 11.3. The smallest absolute Gasteiger partial charge is 0.320 e. The quantitative estimate of drug-likeness (QED) is 0.549. The average molecular weight is 426 g/mol. The molecule has 0 radical (unpaired) electrons. The predicted molar refractivity (Wildman–Crippen MR) is 112 cm³/mol. The van der Waals surface area contributed by atoms with Crippen molar-refractivity contribution in [2.45, 2.75) is 39.5 Å². The fourth-order valence-electron chi connectivity index (χ4n) is 2.72. The van der Waals surface area contributed by atoms with E-state index in [4.69, 9.17) is 32.7 Å². The zero-order valence-corrected chi connectivity index (χ0v) is 17.7. The van der Waals surface area contributed by atoms with Crippen LogP contribution in [0.4, 0.5) is 0 Å². The van der Waals surface area contributed by atoms with E-state index in [2.05, 4.69) is 5.32 Å². The molecule has 2 aromatic carbocycles. The first-order chi connectivity index (χ1) is 13.3. The second kappa shape index (κ2) is 10.6. The van der Waals surface area contributed by atoms with Crippen molar-refractivity contribution in [2.75, 3.05) is 7.11 Å². The van der Waals surface area contributed by atoms with E-state index in [1.54, 1.807) is 25.3 Å². The summed E-state index contributed by atoms with van der Waals surface area (Å²) in [5.74, 6) is 0.591. The molecule has 2 N–H and O–H groups in total. The molecule has 0 aromatic heterocycles. The number of ether oxygens (including phenoxy) is 2. The van der Waals surface area contributed by atoms with E-state index in [9.17, 15) is 9.90 Å². The van der Waals surface area contributed by atoms with Gasteiger partial charge in [-0.05, 0) is 42.2 Å². The molecule has 0 spiro atoms. The van der Waals surface area contributed by atoms with Crippen molar-refractivity contribution in [3.63, 3.8) is 0 Å². The van der Waals surface area contributed by atoms with Crippen LogP contribution in [0.5, 0.6) is 11.5 Å². The molecule has 28 heavy (non-hydrogen) atoms. The number of methoxy groups -OCH3 is 1. The molecule has 5 nitrogen and oxygen atoms in total. The molecule has 0 amide bonds. The Hall–Kier alpha value is -1.95. The maximum absolute atomic E-state index is 11.4. The molecule has 0 aliphatic rings. The molecule has 1 atom stereocenters. The minimum atomic E-state index is -0.847. The maximum atomic E-state index is 11.4. The van der Waals surface area contributed by atoms with Gasteiger partial charge in [0.2, 0.25) is 0 Å². The fraction of sp³-hybridized carbons (Fsp3) is 0.381. The lowest BCUT2D eigenvalue weighted by atomic mass is 10.0. The minimum absolute atomic E-state index is 0.277. The van der Waals surface area contributed by atoms with Crippen molar-refractivity contribution in [3.05, 3.63) is 57.6 Å². The van der Waals surface area contributed by atoms with Gasteiger partial charge >= 0.3 is 5.97 Å². The zero-order valence-electron chi connectivity index (χ0n) is 16.2. The minimum Gasteiger partial charge on any atom is -0.493 e. The van der Waals surface area contributed by atoms with Crippen LogP contribution in [0.15, 0.2) is 36.4 Å². The van der Waals surface area contributed by atoms with E-state index in [-0.39, 0.29) is 6.61 Å². The van der Waals surface area contributed by atoms with Gasteiger partial charge in [0.25, 0.3) is 0 Å². The number of carbonyl (C=O) groups is 1. The van der Waals surface area contributed by atoms with Crippen LogP contribution in [-0.2, 0) is 17.9 Å². The first kappa shape index (κ1) is 22.3. The molecule has 1 unspecified atom stereocenters. The van der Waals surface area contributed by atoms with Crippen LogP contribution in [-0.4, -0.2) is 24.2 Å². The Kier molecular flexibility index (Phi) is 8.42. The Labute approximate surface area is 175 Å². The molecule has 152 valence electrons. The summed E-state index contributed by atoms with van der Waals surface area (Å²) in [5.41, 5.74) is 1.72. The fourth-order valence-corrected chi connectivity index (χ4v) is 3.18. The highest BCUT2D eigenvalue weighted by Crippen LogP contribution is 2.30. The molecule has 0 aliphatic carbocycles. The Morgan fingerprint density at radius 2 is 1.89 bits per heavy atom. The van der Waals surface area contributed by atoms with Gasteiger partial charge in [0, 0.05) is 22.2 Å². The molecule has 0 aliphatic heterocycles. The lowest BCUT2D eigenvalue weighted by Crippen LogP contribution is -2.37. The molecular weight excluding hydrogens is 401 g/mol. The van der Waals surface area contributed by atoms with Crippen LogP contribution in [0.25, 0.3) is 0 Å². The van der Waals surface area contributed by atoms with Crippen molar-refractivity contribution in [1.82, 2.24) is 5.32 Å². The number of nitrogens with one attached hydrogen (secondary N) is 1. The number of carboxylic acid groups (broad SMARTS) is 1. The summed E-state index contributed by atoms with van der Waals surface area (Å²) in [7, 11) is 1.56. The number of benzene rings is 2. The number of halogens is 2. The highest BCUT2D eigenvalue weighted by atomic mass is 35.5. The number of carboxylic acids is 1. The number of aliphatic carboxylic acids is 1. The third-order valence-corrected chi connectivity index (χ3v) is 4.77. The molecule has 0 bridgehead atoms. The van der Waals surface area contributed by atoms with Crippen LogP contribution < -0.4 is 14.8 Å². The average Bonchev–Trinajstić information content (AvgIpc) is 2.64. The van der Waals surface area contributed by atoms with Gasteiger partial charge in [-0.2, -0.15) is 0 Å². The third kappa shape index (κ3) is 6.59. The first-order valence-electron chi connectivity index (χ1n) is 9.00. The van der Waals surface area contributed by atoms with Gasteiger partial charge in [0.05, 0.1) is 7.11 Å². The summed E-state index contributed by atoms with van der Waals surface area (Å²) in [6.07, 6.45) is 0.565. The largest absolute Gasteiger partial charge is 0.493 e. The molecule has 0 fully saturated rings. The van der Waals surface area contributed by atoms with Crippen molar-refractivity contribution in [3.8, 4) is 11.5 Å². The van der Waals surface area contributed by atoms with Crippen LogP contribution in [0.1, 0.15) is 31.4 Å². The van der Waals surface area contributed by atoms with Gasteiger partial charge in [-0.1, -0.05) is 49.2 Å². The van der Waals surface area contributed by atoms with Crippen LogP contribution in [0, 0.1) is 5.92 Å². The van der Waals surface area contributed by atoms with E-state index in [1.165, 1.54) is 0 Å². The Bertz CT molecular complexity index is 811. The lowest BCUT2D eigenvalue weighted by Gasteiger charge is -2.17. The standard InChI is InChI=1S/C21H25Cl2NO4/c1-13(2)8-18(21(25)26)24-11-14-4-7-19(20(9-14)27-3)28-12-15-5-6-16(22)10-17(15)23/h4-7,9-10,13,18,24H,8,11-12H2,1-3H3,(H,25,26). The topological polar surface area (TPSA) is 67.8 Å². The molecule has 2 aromatic rings. The molecule has 0 heterocycles. The van der Waals surface area contributed by atoms with Gasteiger partial charge in [0.15, 0.2) is 11.5 Å². The lowest BCUT2D eigenvalue weighted by molar-refractivity contribution is -0.140. The van der Waals surface area contributed by atoms with Gasteiger partial charge < -0.3 is 19.9 Å². The Balaban J connectivity index is 2.03.